The van der Waals surface area contributed by atoms with E-state index in [1.54, 1.807) is 18.3 Å². The highest BCUT2D eigenvalue weighted by molar-refractivity contribution is 5.89. The molecule has 6 heteroatoms. The summed E-state index contributed by atoms with van der Waals surface area (Å²) in [4.78, 5) is 11.1. The van der Waals surface area contributed by atoms with Gasteiger partial charge in [-0.3, -0.25) is 4.68 Å². The smallest absolute Gasteiger partial charge is 0.336 e. The normalized spacial score (nSPS) is 10.2. The van der Waals surface area contributed by atoms with Crippen LogP contribution in [-0.2, 0) is 6.54 Å². The first-order valence-corrected chi connectivity index (χ1v) is 6.17. The molecule has 0 spiro atoms. The van der Waals surface area contributed by atoms with Crippen molar-refractivity contribution in [1.29, 1.82) is 0 Å². The third-order valence-corrected chi connectivity index (χ3v) is 2.86. The molecule has 0 aliphatic carbocycles. The molecule has 0 aliphatic rings. The number of nitrogens with zero attached hydrogens (tertiary/aromatic N) is 2. The number of hydrogen-bond donors (Lipinski definition) is 2. The van der Waals surface area contributed by atoms with E-state index in [9.17, 15) is 4.79 Å². The van der Waals surface area contributed by atoms with Crippen LogP contribution in [0.5, 0.6) is 0 Å². The Bertz CT molecular complexity index is 581. The Balaban J connectivity index is 0.00000200. The average Bonchev–Trinajstić information content (AvgIpc) is 2.85. The molecule has 0 saturated heterocycles. The van der Waals surface area contributed by atoms with E-state index >= 15 is 0 Å². The van der Waals surface area contributed by atoms with Gasteiger partial charge in [-0.1, -0.05) is 18.2 Å². The van der Waals surface area contributed by atoms with E-state index < -0.39 is 5.97 Å². The number of aromatic carboxylic acids is 1. The van der Waals surface area contributed by atoms with E-state index in [4.69, 9.17) is 5.11 Å². The van der Waals surface area contributed by atoms with Crippen molar-refractivity contribution in [3.63, 3.8) is 0 Å². The van der Waals surface area contributed by atoms with Gasteiger partial charge >= 0.3 is 5.97 Å². The molecule has 0 aliphatic heterocycles. The van der Waals surface area contributed by atoms with Crippen LogP contribution in [-0.4, -0.2) is 20.9 Å². The van der Waals surface area contributed by atoms with Crippen molar-refractivity contribution in [2.75, 3.05) is 5.32 Å². The van der Waals surface area contributed by atoms with Gasteiger partial charge in [0.05, 0.1) is 17.4 Å². The summed E-state index contributed by atoms with van der Waals surface area (Å²) in [6, 6.07) is 7.28. The van der Waals surface area contributed by atoms with Crippen LogP contribution in [0, 0.1) is 0 Å². The number of carboxylic acid groups (broad SMARTS) is 1. The van der Waals surface area contributed by atoms with Crippen LogP contribution in [0.4, 0.5) is 5.69 Å². The first-order chi connectivity index (χ1) is 9.08. The Hall–Kier alpha value is -2.01. The second-order valence-corrected chi connectivity index (χ2v) is 4.62. The highest BCUT2D eigenvalue weighted by Gasteiger charge is 2.09. The molecule has 20 heavy (non-hydrogen) atoms. The molecule has 1 aromatic heterocycles. The lowest BCUT2D eigenvalue weighted by Gasteiger charge is -2.07. The Morgan fingerprint density at radius 1 is 1.40 bits per heavy atom. The van der Waals surface area contributed by atoms with Crippen molar-refractivity contribution in [3.05, 3.63) is 47.8 Å². The van der Waals surface area contributed by atoms with Gasteiger partial charge in [-0.05, 0) is 25.5 Å². The Kier molecular flexibility index (Phi) is 5.58. The van der Waals surface area contributed by atoms with Crippen LogP contribution in [0.25, 0.3) is 0 Å². The zero-order valence-electron chi connectivity index (χ0n) is 11.4. The van der Waals surface area contributed by atoms with Gasteiger partial charge in [0.15, 0.2) is 0 Å². The summed E-state index contributed by atoms with van der Waals surface area (Å²) in [5.41, 5.74) is 1.97. The number of carbonyl (C=O) groups is 1. The van der Waals surface area contributed by atoms with Gasteiger partial charge in [0.2, 0.25) is 0 Å². The van der Waals surface area contributed by atoms with Gasteiger partial charge in [0, 0.05) is 18.8 Å². The van der Waals surface area contributed by atoms with Gasteiger partial charge < -0.3 is 10.4 Å². The average molecular weight is 296 g/mol. The van der Waals surface area contributed by atoms with E-state index in [1.807, 2.05) is 23.0 Å². The summed E-state index contributed by atoms with van der Waals surface area (Å²) in [7, 11) is 0. The van der Waals surface area contributed by atoms with Crippen LogP contribution in [0.3, 0.4) is 0 Å². The molecular weight excluding hydrogens is 278 g/mol. The number of nitrogens with one attached hydrogen (secondary N) is 1. The summed E-state index contributed by atoms with van der Waals surface area (Å²) < 4.78 is 1.85. The zero-order chi connectivity index (χ0) is 13.8. The largest absolute Gasteiger partial charge is 0.478 e. The highest BCUT2D eigenvalue weighted by atomic mass is 35.5. The molecule has 1 heterocycles. The quantitative estimate of drug-likeness (QED) is 0.889. The SMILES string of the molecule is CC(C)n1cc(NCc2ccccc2C(=O)O)cn1.Cl. The van der Waals surface area contributed by atoms with Crippen molar-refractivity contribution in [1.82, 2.24) is 9.78 Å². The van der Waals surface area contributed by atoms with Gasteiger partial charge in [-0.15, -0.1) is 12.4 Å². The number of rotatable bonds is 5. The van der Waals surface area contributed by atoms with Crippen molar-refractivity contribution in [2.45, 2.75) is 26.4 Å². The first kappa shape index (κ1) is 16.0. The fourth-order valence-electron chi connectivity index (χ4n) is 1.79. The summed E-state index contributed by atoms with van der Waals surface area (Å²) in [5.74, 6) is -0.907. The fourth-order valence-corrected chi connectivity index (χ4v) is 1.79. The zero-order valence-corrected chi connectivity index (χ0v) is 12.2. The Morgan fingerprint density at radius 2 is 2.10 bits per heavy atom. The molecule has 2 N–H and O–H groups in total. The molecule has 0 amide bonds. The molecule has 108 valence electrons. The van der Waals surface area contributed by atoms with E-state index in [0.29, 0.717) is 18.2 Å². The lowest BCUT2D eigenvalue weighted by atomic mass is 10.1. The van der Waals surface area contributed by atoms with Crippen molar-refractivity contribution < 1.29 is 9.90 Å². The maximum Gasteiger partial charge on any atom is 0.336 e. The lowest BCUT2D eigenvalue weighted by molar-refractivity contribution is 0.0696. The van der Waals surface area contributed by atoms with Crippen molar-refractivity contribution in [3.8, 4) is 0 Å². The van der Waals surface area contributed by atoms with Crippen LogP contribution >= 0.6 is 12.4 Å². The number of aromatic nitrogens is 2. The number of halogens is 1. The molecule has 0 radical (unpaired) electrons. The van der Waals surface area contributed by atoms with Crippen LogP contribution < -0.4 is 5.32 Å². The molecule has 0 unspecified atom stereocenters. The second kappa shape index (κ2) is 6.96. The summed E-state index contributed by atoms with van der Waals surface area (Å²) >= 11 is 0. The number of hydrogen-bond acceptors (Lipinski definition) is 3. The topological polar surface area (TPSA) is 67.2 Å². The predicted molar refractivity (Wildman–Crippen MR) is 80.6 cm³/mol. The third-order valence-electron chi connectivity index (χ3n) is 2.86. The molecule has 0 saturated carbocycles. The summed E-state index contributed by atoms with van der Waals surface area (Å²) in [5, 5.41) is 16.5. The summed E-state index contributed by atoms with van der Waals surface area (Å²) in [6.07, 6.45) is 3.65. The molecular formula is C14H18ClN3O2. The van der Waals surface area contributed by atoms with Gasteiger partial charge in [0.25, 0.3) is 0 Å². The van der Waals surface area contributed by atoms with Gasteiger partial charge in [0.1, 0.15) is 0 Å². The molecule has 0 fully saturated rings. The number of anilines is 1. The molecule has 5 nitrogen and oxygen atoms in total. The second-order valence-electron chi connectivity index (χ2n) is 4.62. The molecule has 2 aromatic rings. The van der Waals surface area contributed by atoms with E-state index in [-0.39, 0.29) is 12.4 Å². The fraction of sp³-hybridized carbons (Fsp3) is 0.286. The first-order valence-electron chi connectivity index (χ1n) is 6.17. The number of carboxylic acids is 1. The number of benzene rings is 1. The minimum atomic E-state index is -0.907. The monoisotopic (exact) mass is 295 g/mol. The molecule has 0 atom stereocenters. The maximum atomic E-state index is 11.1. The summed E-state index contributed by atoms with van der Waals surface area (Å²) in [6.45, 7) is 4.57. The van der Waals surface area contributed by atoms with E-state index in [2.05, 4.69) is 24.3 Å². The predicted octanol–water partition coefficient (Wildman–Crippen LogP) is 3.20. The van der Waals surface area contributed by atoms with E-state index in [1.165, 1.54) is 0 Å². The van der Waals surface area contributed by atoms with Gasteiger partial charge in [-0.25, -0.2) is 4.79 Å². The maximum absolute atomic E-state index is 11.1. The third kappa shape index (κ3) is 3.74. The van der Waals surface area contributed by atoms with E-state index in [0.717, 1.165) is 11.3 Å². The van der Waals surface area contributed by atoms with Crippen LogP contribution in [0.1, 0.15) is 35.8 Å². The highest BCUT2D eigenvalue weighted by Crippen LogP contribution is 2.14. The lowest BCUT2D eigenvalue weighted by Crippen LogP contribution is -2.06. The standard InChI is InChI=1S/C14H17N3O2.ClH/c1-10(2)17-9-12(8-16-17)15-7-11-5-3-4-6-13(11)14(18)19;/h3-6,8-10,15H,7H2,1-2H3,(H,18,19);1H. The molecule has 1 aromatic carbocycles. The van der Waals surface area contributed by atoms with Crippen LogP contribution in [0.2, 0.25) is 0 Å². The molecule has 2 rings (SSSR count). The molecule has 0 bridgehead atoms. The van der Waals surface area contributed by atoms with Gasteiger partial charge in [-0.2, -0.15) is 5.10 Å². The van der Waals surface area contributed by atoms with Crippen molar-refractivity contribution in [2.24, 2.45) is 0 Å². The Labute approximate surface area is 124 Å². The minimum Gasteiger partial charge on any atom is -0.478 e. The van der Waals surface area contributed by atoms with Crippen LogP contribution in [0.15, 0.2) is 36.7 Å². The van der Waals surface area contributed by atoms with Crippen molar-refractivity contribution >= 4 is 24.1 Å². The Morgan fingerprint density at radius 3 is 2.70 bits per heavy atom. The minimum absolute atomic E-state index is 0.